The van der Waals surface area contributed by atoms with Crippen molar-refractivity contribution in [3.8, 4) is 0 Å². The number of hydrogen-bond donors (Lipinski definition) is 0. The molecule has 0 amide bonds. The van der Waals surface area contributed by atoms with Crippen LogP contribution in [-0.4, -0.2) is 43.2 Å². The van der Waals surface area contributed by atoms with Crippen molar-refractivity contribution in [2.45, 2.75) is 39.2 Å². The summed E-state index contributed by atoms with van der Waals surface area (Å²) < 4.78 is 2.45. The van der Waals surface area contributed by atoms with Crippen LogP contribution >= 0.6 is 116 Å². The largest absolute Gasteiger partial charge is 0.348 e. The number of halogens is 10. The molecule has 1 aliphatic heterocycles. The van der Waals surface area contributed by atoms with Gasteiger partial charge in [0.15, 0.2) is 10.00 Å². The van der Waals surface area contributed by atoms with Gasteiger partial charge in [-0.2, -0.15) is 0 Å². The fourth-order valence-electron chi connectivity index (χ4n) is 6.29. The van der Waals surface area contributed by atoms with Crippen molar-refractivity contribution in [2.24, 2.45) is 7.05 Å². The molecule has 2 unspecified atom stereocenters. The molecule has 5 aliphatic carbocycles. The van der Waals surface area contributed by atoms with Gasteiger partial charge < -0.3 is 0 Å². The summed E-state index contributed by atoms with van der Waals surface area (Å²) in [6, 6.07) is 0. The number of rotatable bonds is 0. The van der Waals surface area contributed by atoms with Crippen molar-refractivity contribution in [3.05, 3.63) is 31.0 Å². The van der Waals surface area contributed by atoms with Gasteiger partial charge in [-0.1, -0.05) is 46.4 Å². The zero-order valence-corrected chi connectivity index (χ0v) is 20.5. The van der Waals surface area contributed by atoms with Gasteiger partial charge in [0.25, 0.3) is 0 Å². The van der Waals surface area contributed by atoms with Crippen LogP contribution in [0, 0.1) is 0 Å². The van der Waals surface area contributed by atoms with Crippen molar-refractivity contribution in [3.63, 3.8) is 0 Å². The first-order valence-electron chi connectivity index (χ1n) is 7.54. The second-order valence-electron chi connectivity index (χ2n) is 7.57. The highest BCUT2D eigenvalue weighted by Gasteiger charge is 3.21. The fourth-order valence-corrected chi connectivity index (χ4v) is 13.9. The van der Waals surface area contributed by atoms with Crippen LogP contribution in [-0.2, 0) is 17.0 Å². The Bertz CT molecular complexity index is 1170. The maximum Gasteiger partial charge on any atom is 0.348 e. The van der Waals surface area contributed by atoms with E-state index in [9.17, 15) is 9.59 Å². The van der Waals surface area contributed by atoms with Crippen LogP contribution < -0.4 is 11.4 Å². The first kappa shape index (κ1) is 20.0. The summed E-state index contributed by atoms with van der Waals surface area (Å²) in [6.45, 7) is 0. The molecule has 2 heterocycles. The highest BCUT2D eigenvalue weighted by Crippen LogP contribution is 3.03. The minimum atomic E-state index is -2.18. The number of alkyl halides is 8. The van der Waals surface area contributed by atoms with E-state index in [1.165, 1.54) is 7.05 Å². The summed E-state index contributed by atoms with van der Waals surface area (Å²) in [4.78, 5) is 9.01. The minimum Gasteiger partial charge on any atom is -0.246 e. The van der Waals surface area contributed by atoms with E-state index in [0.717, 1.165) is 13.9 Å². The number of nitrogens with zero attached hydrogens (tertiary/aromatic N) is 3. The van der Waals surface area contributed by atoms with Crippen LogP contribution in [0.15, 0.2) is 19.7 Å². The number of hydrogen-bond acceptors (Lipinski definition) is 2. The van der Waals surface area contributed by atoms with Crippen LogP contribution in [0.1, 0.15) is 0 Å². The first-order valence-corrected chi connectivity index (χ1v) is 11.3. The zero-order valence-electron chi connectivity index (χ0n) is 12.9. The highest BCUT2D eigenvalue weighted by atomic mass is 35.5. The van der Waals surface area contributed by atoms with Gasteiger partial charge in [-0.3, -0.25) is 0 Å². The lowest BCUT2D eigenvalue weighted by molar-refractivity contribution is 0.189. The van der Waals surface area contributed by atoms with Crippen LogP contribution in [0.2, 0.25) is 0 Å². The molecule has 0 spiro atoms. The molecule has 0 saturated heterocycles. The van der Waals surface area contributed by atoms with Gasteiger partial charge in [0, 0.05) is 7.05 Å². The maximum absolute atomic E-state index is 12.9. The average molecular weight is 588 g/mol. The molecule has 1 aromatic heterocycles. The van der Waals surface area contributed by atoms with Gasteiger partial charge in [0.05, 0.1) is 10.1 Å². The summed E-state index contributed by atoms with van der Waals surface area (Å²) >= 11 is 69.2. The Morgan fingerprint density at radius 1 is 0.607 bits per heavy atom. The standard InChI is InChI=1S/C13H3Cl10N3O2/c1-24-4(27)25-12(22)9(19)6(16)2(14)3(15)7(17)8(6,18)11(12,21)13(23,10(7,9)20)26(25)5(24)28/h1H3/t6-,7-,8?,9-,10+,11?,12+,13-/m0/s1. The van der Waals surface area contributed by atoms with Crippen molar-refractivity contribution in [1.82, 2.24) is 13.9 Å². The lowest BCUT2D eigenvalue weighted by Gasteiger charge is -2.55. The second kappa shape index (κ2) is 4.30. The fraction of sp³-hybridized carbons (Fsp3) is 0.692. The molecule has 28 heavy (non-hydrogen) atoms. The molecule has 0 radical (unpaired) electrons. The van der Waals surface area contributed by atoms with Crippen molar-refractivity contribution < 1.29 is 0 Å². The number of allylic oxidation sites excluding steroid dienone is 2. The predicted molar refractivity (Wildman–Crippen MR) is 112 cm³/mol. The smallest absolute Gasteiger partial charge is 0.246 e. The predicted octanol–water partition coefficient (Wildman–Crippen LogP) is 3.75. The molecular formula is C13H3Cl10N3O2. The third kappa shape index (κ3) is 0.981. The van der Waals surface area contributed by atoms with Crippen molar-refractivity contribution in [1.29, 1.82) is 0 Å². The van der Waals surface area contributed by atoms with E-state index < -0.39 is 50.6 Å². The summed E-state index contributed by atoms with van der Waals surface area (Å²) in [5.74, 6) is 0. The molecule has 15 heteroatoms. The van der Waals surface area contributed by atoms with Crippen LogP contribution in [0.25, 0.3) is 0 Å². The maximum atomic E-state index is 12.9. The minimum absolute atomic E-state index is 0.196. The zero-order chi connectivity index (χ0) is 21.0. The number of aromatic nitrogens is 3. The average Bonchev–Trinajstić information content (AvgIpc) is 3.15. The van der Waals surface area contributed by atoms with Crippen molar-refractivity contribution >= 4 is 116 Å². The topological polar surface area (TPSA) is 48.9 Å². The molecule has 1 aromatic rings. The summed E-state index contributed by atoms with van der Waals surface area (Å²) in [5.41, 5.74) is -1.69. The number of fused-ring (bicyclic) bond motifs is 1. The van der Waals surface area contributed by atoms with E-state index >= 15 is 0 Å². The van der Waals surface area contributed by atoms with E-state index in [-0.39, 0.29) is 10.1 Å². The van der Waals surface area contributed by atoms with Crippen LogP contribution in [0.5, 0.6) is 0 Å². The van der Waals surface area contributed by atoms with E-state index in [2.05, 4.69) is 0 Å². The van der Waals surface area contributed by atoms with E-state index in [4.69, 9.17) is 116 Å². The second-order valence-corrected chi connectivity index (χ2v) is 12.8. The Hall–Kier alpha value is 1.38. The molecule has 4 saturated carbocycles. The summed E-state index contributed by atoms with van der Waals surface area (Å²) in [6.07, 6.45) is 0. The molecule has 0 aromatic carbocycles. The van der Waals surface area contributed by atoms with E-state index in [1.807, 2.05) is 0 Å². The molecular weight excluding hydrogens is 585 g/mol. The SMILES string of the molecule is Cn1c(=O)n2n(c1=O)[C@]1(Cl)C3(Cl)C4(Cl)[C@@]5(Cl)C(Cl)=C(Cl)[C@@]4(Cl)[C@@]1(Cl)[C@]5(Cl)[C@@]23Cl. The third-order valence-electron chi connectivity index (χ3n) is 7.19. The Labute approximate surface area is 205 Å². The third-order valence-corrected chi connectivity index (χ3v) is 15.7. The van der Waals surface area contributed by atoms with Gasteiger partial charge in [-0.05, 0) is 0 Å². The Balaban J connectivity index is 1.98. The van der Waals surface area contributed by atoms with Gasteiger partial charge in [0.2, 0.25) is 0 Å². The molecule has 7 rings (SSSR count). The van der Waals surface area contributed by atoms with Gasteiger partial charge >= 0.3 is 11.4 Å². The molecule has 152 valence electrons. The molecule has 6 aliphatic rings. The Morgan fingerprint density at radius 2 is 0.929 bits per heavy atom. The lowest BCUT2D eigenvalue weighted by atomic mass is 9.78. The highest BCUT2D eigenvalue weighted by molar-refractivity contribution is 6.71. The lowest BCUT2D eigenvalue weighted by Crippen LogP contribution is -2.74. The van der Waals surface area contributed by atoms with E-state index in [0.29, 0.717) is 0 Å². The first-order chi connectivity index (χ1) is 12.5. The quantitative estimate of drug-likeness (QED) is 0.435. The van der Waals surface area contributed by atoms with E-state index in [1.54, 1.807) is 0 Å². The molecule has 8 atom stereocenters. The monoisotopic (exact) mass is 583 g/mol. The van der Waals surface area contributed by atoms with Gasteiger partial charge in [0.1, 0.15) is 29.2 Å². The summed E-state index contributed by atoms with van der Waals surface area (Å²) in [7, 11) is 1.23. The van der Waals surface area contributed by atoms with Crippen LogP contribution in [0.4, 0.5) is 0 Å². The van der Waals surface area contributed by atoms with Crippen LogP contribution in [0.3, 0.4) is 0 Å². The molecule has 4 fully saturated rings. The normalized spacial score (nSPS) is 62.0. The van der Waals surface area contributed by atoms with Gasteiger partial charge in [-0.25, -0.2) is 23.5 Å². The summed E-state index contributed by atoms with van der Waals surface area (Å²) in [5, 5.41) is -0.392. The Kier molecular flexibility index (Phi) is 3.07. The molecule has 0 N–H and O–H groups in total. The Morgan fingerprint density at radius 3 is 1.25 bits per heavy atom. The molecule has 8 bridgehead atoms. The van der Waals surface area contributed by atoms with Gasteiger partial charge in [-0.15, -0.1) is 69.6 Å². The van der Waals surface area contributed by atoms with Crippen molar-refractivity contribution in [2.75, 3.05) is 0 Å². The molecule has 5 nitrogen and oxygen atoms in total.